The normalized spacial score (nSPS) is 15.6. The first-order valence-corrected chi connectivity index (χ1v) is 12.3. The molecule has 4 rings (SSSR count). The van der Waals surface area contributed by atoms with E-state index in [9.17, 15) is 13.2 Å². The van der Waals surface area contributed by atoms with Gasteiger partial charge in [0.15, 0.2) is 5.82 Å². The monoisotopic (exact) mass is 472 g/mol. The van der Waals surface area contributed by atoms with Gasteiger partial charge in [-0.1, -0.05) is 35.9 Å². The maximum absolute atomic E-state index is 12.8. The summed E-state index contributed by atoms with van der Waals surface area (Å²) >= 11 is 5.86. The summed E-state index contributed by atoms with van der Waals surface area (Å²) in [6.07, 6.45) is 2.76. The fourth-order valence-corrected chi connectivity index (χ4v) is 5.42. The van der Waals surface area contributed by atoms with Crippen molar-refractivity contribution in [1.82, 2.24) is 14.1 Å². The van der Waals surface area contributed by atoms with Gasteiger partial charge < -0.3 is 5.32 Å². The second-order valence-electron chi connectivity index (χ2n) is 7.95. The fourth-order valence-electron chi connectivity index (χ4n) is 3.82. The number of benzene rings is 2. The van der Waals surface area contributed by atoms with Crippen LogP contribution in [0.4, 0.5) is 5.82 Å². The Morgan fingerprint density at radius 3 is 2.47 bits per heavy atom. The van der Waals surface area contributed by atoms with E-state index in [4.69, 9.17) is 11.6 Å². The first kappa shape index (κ1) is 22.5. The van der Waals surface area contributed by atoms with Gasteiger partial charge in [0, 0.05) is 36.3 Å². The van der Waals surface area contributed by atoms with Gasteiger partial charge in [-0.15, -0.1) is 0 Å². The lowest BCUT2D eigenvalue weighted by Gasteiger charge is -2.30. The number of nitrogens with zero attached hydrogens (tertiary/aromatic N) is 3. The number of amides is 1. The summed E-state index contributed by atoms with van der Waals surface area (Å²) in [5, 5.41) is 7.81. The van der Waals surface area contributed by atoms with E-state index < -0.39 is 10.0 Å². The molecule has 7 nitrogen and oxygen atoms in total. The van der Waals surface area contributed by atoms with E-state index in [0.29, 0.717) is 43.3 Å². The third-order valence-electron chi connectivity index (χ3n) is 5.76. The molecule has 0 unspecified atom stereocenters. The molecule has 3 aromatic rings. The number of carbonyl (C=O) groups excluding carboxylic acids is 1. The van der Waals surface area contributed by atoms with E-state index in [1.54, 1.807) is 22.9 Å². The van der Waals surface area contributed by atoms with E-state index in [1.807, 2.05) is 18.3 Å². The molecule has 1 N–H and O–H groups in total. The van der Waals surface area contributed by atoms with Gasteiger partial charge >= 0.3 is 0 Å². The van der Waals surface area contributed by atoms with Gasteiger partial charge in [0.1, 0.15) is 0 Å². The smallest absolute Gasteiger partial charge is 0.243 e. The molecular formula is C23H25ClN4O3S. The molecule has 1 aliphatic rings. The van der Waals surface area contributed by atoms with Gasteiger partial charge in [0.05, 0.1) is 11.4 Å². The van der Waals surface area contributed by atoms with Gasteiger partial charge in [-0.2, -0.15) is 9.40 Å². The average molecular weight is 473 g/mol. The minimum atomic E-state index is -3.59. The summed E-state index contributed by atoms with van der Waals surface area (Å²) in [6.45, 7) is 3.28. The van der Waals surface area contributed by atoms with Gasteiger partial charge in [-0.3, -0.25) is 9.48 Å². The highest BCUT2D eigenvalue weighted by molar-refractivity contribution is 7.89. The van der Waals surface area contributed by atoms with Crippen molar-refractivity contribution in [3.63, 3.8) is 0 Å². The van der Waals surface area contributed by atoms with Crippen molar-refractivity contribution in [2.75, 3.05) is 18.4 Å². The lowest BCUT2D eigenvalue weighted by atomic mass is 9.97. The number of carbonyl (C=O) groups is 1. The highest BCUT2D eigenvalue weighted by atomic mass is 35.5. The summed E-state index contributed by atoms with van der Waals surface area (Å²) in [4.78, 5) is 12.9. The number of nitrogens with one attached hydrogen (secondary N) is 1. The van der Waals surface area contributed by atoms with Crippen LogP contribution in [0.1, 0.15) is 24.0 Å². The Morgan fingerprint density at radius 2 is 1.78 bits per heavy atom. The predicted molar refractivity (Wildman–Crippen MR) is 124 cm³/mol. The molecule has 0 atom stereocenters. The molecule has 0 spiro atoms. The van der Waals surface area contributed by atoms with Crippen molar-refractivity contribution in [1.29, 1.82) is 0 Å². The molecule has 1 aromatic heterocycles. The molecule has 0 aliphatic carbocycles. The molecule has 2 aromatic carbocycles. The van der Waals surface area contributed by atoms with Crippen molar-refractivity contribution < 1.29 is 13.2 Å². The van der Waals surface area contributed by atoms with Crippen LogP contribution >= 0.6 is 11.6 Å². The Hall–Kier alpha value is -2.68. The zero-order valence-electron chi connectivity index (χ0n) is 17.7. The zero-order valence-corrected chi connectivity index (χ0v) is 19.3. The number of rotatable bonds is 6. The van der Waals surface area contributed by atoms with E-state index in [2.05, 4.69) is 29.5 Å². The van der Waals surface area contributed by atoms with Gasteiger partial charge in [0.2, 0.25) is 15.9 Å². The molecule has 0 saturated carbocycles. The van der Waals surface area contributed by atoms with Crippen LogP contribution in [0, 0.1) is 12.8 Å². The second kappa shape index (κ2) is 9.44. The molecule has 1 fully saturated rings. The molecule has 2 heterocycles. The molecule has 1 amide bonds. The maximum atomic E-state index is 12.8. The third kappa shape index (κ3) is 5.03. The molecule has 168 valence electrons. The van der Waals surface area contributed by atoms with Crippen LogP contribution in [0.3, 0.4) is 0 Å². The number of hydrogen-bond acceptors (Lipinski definition) is 4. The Balaban J connectivity index is 1.33. The van der Waals surface area contributed by atoms with Crippen LogP contribution in [0.25, 0.3) is 0 Å². The largest absolute Gasteiger partial charge is 0.309 e. The van der Waals surface area contributed by atoms with Crippen molar-refractivity contribution >= 4 is 33.3 Å². The number of anilines is 1. The Bertz CT molecular complexity index is 1200. The number of halogens is 1. The van der Waals surface area contributed by atoms with Crippen LogP contribution < -0.4 is 5.32 Å². The van der Waals surface area contributed by atoms with Gasteiger partial charge in [0.25, 0.3) is 0 Å². The summed E-state index contributed by atoms with van der Waals surface area (Å²) in [6, 6.07) is 16.0. The van der Waals surface area contributed by atoms with Gasteiger partial charge in [-0.05, 0) is 55.2 Å². The van der Waals surface area contributed by atoms with Gasteiger partial charge in [-0.25, -0.2) is 8.42 Å². The minimum absolute atomic E-state index is 0.130. The number of sulfonamides is 1. The number of piperidine rings is 1. The quantitative estimate of drug-likeness (QED) is 0.589. The predicted octanol–water partition coefficient (Wildman–Crippen LogP) is 3.93. The standard InChI is InChI=1S/C23H25ClN4O3S/c1-17-4-2-3-5-19(17)16-27-13-12-22(26-27)25-23(29)18-10-14-28(15-11-18)32(30,31)21-8-6-20(24)7-9-21/h2-9,12-13,18H,10-11,14-16H2,1H3,(H,25,26,29). The van der Waals surface area contributed by atoms with Crippen LogP contribution in [0.5, 0.6) is 0 Å². The summed E-state index contributed by atoms with van der Waals surface area (Å²) in [5.74, 6) is 0.114. The summed E-state index contributed by atoms with van der Waals surface area (Å²) in [7, 11) is -3.59. The maximum Gasteiger partial charge on any atom is 0.243 e. The summed E-state index contributed by atoms with van der Waals surface area (Å²) in [5.41, 5.74) is 2.36. The SMILES string of the molecule is Cc1ccccc1Cn1ccc(NC(=O)C2CCN(S(=O)(=O)c3ccc(Cl)cc3)CC2)n1. The highest BCUT2D eigenvalue weighted by Gasteiger charge is 2.32. The Kier molecular flexibility index (Phi) is 6.64. The molecule has 1 saturated heterocycles. The van der Waals surface area contributed by atoms with Crippen LogP contribution in [-0.4, -0.2) is 41.5 Å². The average Bonchev–Trinajstić information content (AvgIpc) is 3.22. The van der Waals surface area contributed by atoms with Crippen molar-refractivity contribution in [2.24, 2.45) is 5.92 Å². The van der Waals surface area contributed by atoms with E-state index in [-0.39, 0.29) is 16.7 Å². The lowest BCUT2D eigenvalue weighted by Crippen LogP contribution is -2.41. The molecule has 1 aliphatic heterocycles. The third-order valence-corrected chi connectivity index (χ3v) is 7.93. The van der Waals surface area contributed by atoms with E-state index >= 15 is 0 Å². The number of hydrogen-bond donors (Lipinski definition) is 1. The minimum Gasteiger partial charge on any atom is -0.309 e. The molecule has 32 heavy (non-hydrogen) atoms. The first-order chi connectivity index (χ1) is 15.3. The molecule has 9 heteroatoms. The zero-order chi connectivity index (χ0) is 22.7. The highest BCUT2D eigenvalue weighted by Crippen LogP contribution is 2.25. The van der Waals surface area contributed by atoms with Crippen LogP contribution in [0.2, 0.25) is 5.02 Å². The number of aryl methyl sites for hydroxylation is 1. The Morgan fingerprint density at radius 1 is 1.09 bits per heavy atom. The topological polar surface area (TPSA) is 84.3 Å². The number of aromatic nitrogens is 2. The first-order valence-electron chi connectivity index (χ1n) is 10.5. The van der Waals surface area contributed by atoms with Crippen LogP contribution in [0.15, 0.2) is 65.7 Å². The lowest BCUT2D eigenvalue weighted by molar-refractivity contribution is -0.120. The fraction of sp³-hybridized carbons (Fsp3) is 0.304. The van der Waals surface area contributed by atoms with Crippen LogP contribution in [-0.2, 0) is 21.4 Å². The second-order valence-corrected chi connectivity index (χ2v) is 10.3. The Labute approximate surface area is 193 Å². The molecule has 0 radical (unpaired) electrons. The molecular weight excluding hydrogens is 448 g/mol. The van der Waals surface area contributed by atoms with E-state index in [1.165, 1.54) is 27.6 Å². The molecule has 0 bridgehead atoms. The van der Waals surface area contributed by atoms with Crippen molar-refractivity contribution in [3.8, 4) is 0 Å². The van der Waals surface area contributed by atoms with Crippen molar-refractivity contribution in [3.05, 3.63) is 76.9 Å². The summed E-state index contributed by atoms with van der Waals surface area (Å²) < 4.78 is 28.8. The van der Waals surface area contributed by atoms with E-state index in [0.717, 1.165) is 0 Å². The van der Waals surface area contributed by atoms with Crippen molar-refractivity contribution in [2.45, 2.75) is 31.2 Å².